The number of carbonyl (C=O) groups is 4. The molecular weight excluding hydrogens is 947 g/mol. The third kappa shape index (κ3) is 13.8. The Hall–Kier alpha value is -6.16. The largest absolute Gasteiger partial charge is 0.461 e. The number of para-hydroxylation sites is 2. The van der Waals surface area contributed by atoms with E-state index in [2.05, 4.69) is 15.3 Å². The Balaban J connectivity index is 0.000000216. The first kappa shape index (κ1) is 55.6. The summed E-state index contributed by atoms with van der Waals surface area (Å²) in [4.78, 5) is 59.6. The van der Waals surface area contributed by atoms with Crippen LogP contribution in [0.3, 0.4) is 0 Å². The molecule has 1 amide bonds. The van der Waals surface area contributed by atoms with E-state index in [1.807, 2.05) is 121 Å². The molecule has 4 unspecified atom stereocenters. The predicted molar refractivity (Wildman–Crippen MR) is 278 cm³/mol. The van der Waals surface area contributed by atoms with Crippen LogP contribution in [0.1, 0.15) is 48.2 Å². The van der Waals surface area contributed by atoms with E-state index in [0.717, 1.165) is 44.3 Å². The number of hydrogen-bond donors (Lipinski definition) is 13. The number of fused-ring (bicyclic) bond motifs is 2. The molecule has 8 rings (SSSR count). The fourth-order valence-electron chi connectivity index (χ4n) is 10.4. The number of rotatable bonds is 20. The maximum Gasteiger partial charge on any atom is 0.310 e. The average Bonchev–Trinajstić information content (AvgIpc) is 4.04. The van der Waals surface area contributed by atoms with Gasteiger partial charge in [0, 0.05) is 71.9 Å². The number of esters is 1. The van der Waals surface area contributed by atoms with Crippen LogP contribution >= 0.6 is 0 Å². The Kier molecular flexibility index (Phi) is 19.4. The number of nitrogens with one attached hydrogen (secondary N) is 3. The van der Waals surface area contributed by atoms with Crippen LogP contribution < -0.4 is 28.3 Å². The third-order valence-corrected chi connectivity index (χ3v) is 14.9. The van der Waals surface area contributed by atoms with E-state index < -0.39 is 96.0 Å². The van der Waals surface area contributed by atoms with Crippen molar-refractivity contribution in [3.05, 3.63) is 144 Å². The van der Waals surface area contributed by atoms with Gasteiger partial charge in [0.1, 0.15) is 18.8 Å². The van der Waals surface area contributed by atoms with Gasteiger partial charge in [-0.2, -0.15) is 0 Å². The Bertz CT molecular complexity index is 2520. The zero-order valence-corrected chi connectivity index (χ0v) is 41.2. The van der Waals surface area contributed by atoms with E-state index in [-0.39, 0.29) is 63.5 Å². The standard InChI is InChI=1S/C28H36N4O5.C28H35N3O6/c29-14-19-12-21(26(35)27(36)25(19)34)24(30)23(33)13-18(28(37)31-15-16-6-2-1-3-7-16)11-20-10-17-8-4-5-9-22(17)32-20;29-14-19-12-21(26(34)27(35)25(19)33)24(30)23(32)13-18(28(36)37-15-16-6-2-1-3-7-16)11-20-10-17-8-4-5-9-22(17)31-20/h1-10,18-19,21,24-27,32,34-36H,11-15,29-30H2,(H,31,37);1-10,18-19,21,24-27,31,33-35H,11-15,29-30H2/t2*18-,19?,21+,24-,25-,26?,27+/m11/s1. The quantitative estimate of drug-likeness (QED) is 0.0484. The van der Waals surface area contributed by atoms with E-state index in [1.165, 1.54) is 0 Å². The van der Waals surface area contributed by atoms with Gasteiger partial charge in [0.2, 0.25) is 5.91 Å². The van der Waals surface area contributed by atoms with E-state index in [4.69, 9.17) is 27.7 Å². The minimum Gasteiger partial charge on any atom is -0.461 e. The molecule has 0 radical (unpaired) electrons. The molecule has 2 aromatic heterocycles. The van der Waals surface area contributed by atoms with E-state index in [9.17, 15) is 49.8 Å². The highest BCUT2D eigenvalue weighted by molar-refractivity contribution is 5.91. The van der Waals surface area contributed by atoms with Gasteiger partial charge >= 0.3 is 5.97 Å². The third-order valence-electron chi connectivity index (χ3n) is 14.9. The Morgan fingerprint density at radius 2 is 0.973 bits per heavy atom. The number of aliphatic hydroxyl groups is 6. The maximum atomic E-state index is 13.3. The van der Waals surface area contributed by atoms with Crippen molar-refractivity contribution in [3.63, 3.8) is 0 Å². The number of benzene rings is 4. The molecule has 18 nitrogen and oxygen atoms in total. The molecule has 0 spiro atoms. The molecule has 4 aromatic carbocycles. The monoisotopic (exact) mass is 1020 g/mol. The Labute approximate surface area is 429 Å². The summed E-state index contributed by atoms with van der Waals surface area (Å²) in [6, 6.07) is 35.9. The minimum atomic E-state index is -1.45. The van der Waals surface area contributed by atoms with Crippen LogP contribution in [0, 0.1) is 35.5 Å². The fraction of sp³-hybridized carbons (Fsp3) is 0.429. The molecule has 0 saturated heterocycles. The first-order valence-electron chi connectivity index (χ1n) is 25.3. The molecule has 2 saturated carbocycles. The van der Waals surface area contributed by atoms with Gasteiger partial charge in [0.15, 0.2) is 11.6 Å². The van der Waals surface area contributed by atoms with Gasteiger partial charge in [0.05, 0.1) is 48.3 Å². The van der Waals surface area contributed by atoms with Gasteiger partial charge in [-0.3, -0.25) is 19.2 Å². The fourth-order valence-corrected chi connectivity index (χ4v) is 10.4. The summed E-state index contributed by atoms with van der Waals surface area (Å²) in [5.41, 5.74) is 29.2. The van der Waals surface area contributed by atoms with Crippen LogP contribution in [0.4, 0.5) is 0 Å². The number of ketones is 2. The number of amides is 1. The van der Waals surface area contributed by atoms with Gasteiger partial charge < -0.3 is 73.6 Å². The van der Waals surface area contributed by atoms with Crippen molar-refractivity contribution in [2.45, 2.75) is 100 Å². The van der Waals surface area contributed by atoms with Gasteiger partial charge in [0.25, 0.3) is 0 Å². The first-order chi connectivity index (χ1) is 35.6. The van der Waals surface area contributed by atoms with Gasteiger partial charge in [-0.15, -0.1) is 0 Å². The summed E-state index contributed by atoms with van der Waals surface area (Å²) < 4.78 is 5.56. The van der Waals surface area contributed by atoms with Crippen LogP contribution in [0.5, 0.6) is 0 Å². The summed E-state index contributed by atoms with van der Waals surface area (Å²) in [5, 5.41) is 66.9. The predicted octanol–water partition coefficient (Wildman–Crippen LogP) is 1.64. The highest BCUT2D eigenvalue weighted by Gasteiger charge is 2.47. The summed E-state index contributed by atoms with van der Waals surface area (Å²) in [7, 11) is 0. The molecule has 2 heterocycles. The second kappa shape index (κ2) is 25.9. The topological polar surface area (TPSA) is 347 Å². The number of aromatic amines is 2. The number of hydrogen-bond acceptors (Lipinski definition) is 15. The second-order valence-electron chi connectivity index (χ2n) is 20.0. The van der Waals surface area contributed by atoms with Crippen molar-refractivity contribution in [1.29, 1.82) is 0 Å². The highest BCUT2D eigenvalue weighted by atomic mass is 16.5. The maximum absolute atomic E-state index is 13.3. The van der Waals surface area contributed by atoms with Gasteiger partial charge in [-0.05, 0) is 78.5 Å². The zero-order valence-electron chi connectivity index (χ0n) is 41.2. The Morgan fingerprint density at radius 1 is 0.554 bits per heavy atom. The average molecular weight is 1020 g/mol. The number of carbonyl (C=O) groups excluding carboxylic acids is 4. The number of H-pyrrole nitrogens is 2. The second-order valence-corrected chi connectivity index (χ2v) is 20.0. The molecule has 74 heavy (non-hydrogen) atoms. The van der Waals surface area contributed by atoms with Gasteiger partial charge in [-0.1, -0.05) is 97.1 Å². The summed E-state index contributed by atoms with van der Waals surface area (Å²) >= 11 is 0. The lowest BCUT2D eigenvalue weighted by atomic mass is 9.71. The first-order valence-corrected chi connectivity index (χ1v) is 25.3. The molecule has 17 N–H and O–H groups in total. The number of aromatic nitrogens is 2. The summed E-state index contributed by atoms with van der Waals surface area (Å²) in [6.07, 6.45) is -7.42. The van der Waals surface area contributed by atoms with Gasteiger partial charge in [-0.25, -0.2) is 0 Å². The molecule has 0 aliphatic heterocycles. The highest BCUT2D eigenvalue weighted by Crippen LogP contribution is 2.34. The minimum absolute atomic E-state index is 0.0761. The van der Waals surface area contributed by atoms with Crippen molar-refractivity contribution in [3.8, 4) is 0 Å². The van der Waals surface area contributed by atoms with E-state index in [0.29, 0.717) is 13.0 Å². The number of ether oxygens (including phenoxy) is 1. The lowest BCUT2D eigenvalue weighted by Gasteiger charge is -2.42. The zero-order chi connectivity index (χ0) is 53.1. The summed E-state index contributed by atoms with van der Waals surface area (Å²) in [5.74, 6) is -5.69. The van der Waals surface area contributed by atoms with Crippen molar-refractivity contribution in [1.82, 2.24) is 15.3 Å². The molecule has 2 aliphatic carbocycles. The normalized spacial score (nSPS) is 25.5. The SMILES string of the molecule is NCC1C[C@@H]([C@@H](N)C(=O)C[C@@H](Cc2cc3ccccc3[nH]2)C(=O)NCc2ccccc2)C(O)[C@@H](O)[C@@H]1O.NCC1C[C@@H]([C@@H](N)C(=O)C[C@@H](Cc2cc3ccccc3[nH]2)C(=O)OCc2ccccc2)C(O)[C@@H](O)[C@@H]1O. The van der Waals surface area contributed by atoms with Crippen molar-refractivity contribution < 1.29 is 54.6 Å². The van der Waals surface area contributed by atoms with Crippen LogP contribution in [0.15, 0.2) is 121 Å². The van der Waals surface area contributed by atoms with Crippen LogP contribution in [-0.2, 0) is 49.9 Å². The smallest absolute Gasteiger partial charge is 0.310 e. The van der Waals surface area contributed by atoms with Crippen molar-refractivity contribution in [2.75, 3.05) is 13.1 Å². The molecule has 14 atom stereocenters. The van der Waals surface area contributed by atoms with Crippen LogP contribution in [-0.4, -0.2) is 126 Å². The van der Waals surface area contributed by atoms with Crippen LogP contribution in [0.2, 0.25) is 0 Å². The molecule has 18 heteroatoms. The van der Waals surface area contributed by atoms with E-state index >= 15 is 0 Å². The molecule has 6 aromatic rings. The molecule has 396 valence electrons. The molecular formula is C56H71N7O11. The summed E-state index contributed by atoms with van der Waals surface area (Å²) in [6.45, 7) is 0.573. The van der Waals surface area contributed by atoms with E-state index in [1.54, 1.807) is 0 Å². The number of nitrogens with two attached hydrogens (primary N) is 4. The molecule has 2 aliphatic rings. The van der Waals surface area contributed by atoms with Crippen molar-refractivity contribution >= 4 is 45.2 Å². The lowest BCUT2D eigenvalue weighted by Crippen LogP contribution is -2.58. The van der Waals surface area contributed by atoms with Crippen molar-refractivity contribution in [2.24, 2.45) is 58.4 Å². The number of aliphatic hydroxyl groups excluding tert-OH is 6. The lowest BCUT2D eigenvalue weighted by molar-refractivity contribution is -0.153. The van der Waals surface area contributed by atoms with Crippen LogP contribution in [0.25, 0.3) is 21.8 Å². The number of Topliss-reactive ketones (excluding diaryl/α,β-unsaturated/α-hetero) is 2. The Morgan fingerprint density at radius 3 is 1.43 bits per heavy atom. The molecule has 2 fully saturated rings. The molecule has 0 bridgehead atoms.